The van der Waals surface area contributed by atoms with E-state index in [0.717, 1.165) is 43.3 Å². The number of carbonyl (C=O) groups excluding carboxylic acids is 1. The van der Waals surface area contributed by atoms with Gasteiger partial charge in [0.05, 0.1) is 18.3 Å². The summed E-state index contributed by atoms with van der Waals surface area (Å²) >= 11 is 0. The molecule has 4 rings (SSSR count). The van der Waals surface area contributed by atoms with Crippen LogP contribution in [0.2, 0.25) is 0 Å². The Morgan fingerprint density at radius 3 is 2.75 bits per heavy atom. The summed E-state index contributed by atoms with van der Waals surface area (Å²) in [5, 5.41) is 4.49. The van der Waals surface area contributed by atoms with Crippen LogP contribution in [0.1, 0.15) is 54.1 Å². The number of rotatable bonds is 6. The van der Waals surface area contributed by atoms with Crippen LogP contribution >= 0.6 is 0 Å². The normalized spacial score (nSPS) is 16.6. The van der Waals surface area contributed by atoms with Crippen LogP contribution in [0.15, 0.2) is 24.3 Å². The van der Waals surface area contributed by atoms with Gasteiger partial charge < -0.3 is 14.8 Å². The van der Waals surface area contributed by atoms with Crippen molar-refractivity contribution < 1.29 is 4.79 Å². The van der Waals surface area contributed by atoms with E-state index in [-0.39, 0.29) is 11.9 Å². The van der Waals surface area contributed by atoms with Crippen LogP contribution in [0.4, 0.5) is 5.82 Å². The standard InChI is InChI=1S/C25H34N6O/c1-16-9-10-20-21(17(2)30(6)23(20)12-16)15-31-11-7-8-22(31)25-27-19(13-24(26-4)28-25)14-29(5)18(3)32/h9-10,12-13,22H,7-8,11,14-15H2,1-6H3,(H,26,27,28)/t22-/m0/s1. The molecule has 170 valence electrons. The van der Waals surface area contributed by atoms with E-state index in [4.69, 9.17) is 9.97 Å². The Labute approximate surface area is 190 Å². The first-order valence-corrected chi connectivity index (χ1v) is 11.3. The molecular formula is C25H34N6O. The number of aryl methyl sites for hydroxylation is 2. The van der Waals surface area contributed by atoms with E-state index >= 15 is 0 Å². The molecule has 0 bridgehead atoms. The first kappa shape index (κ1) is 22.3. The van der Waals surface area contributed by atoms with Crippen LogP contribution in [0.3, 0.4) is 0 Å². The maximum Gasteiger partial charge on any atom is 0.219 e. The lowest BCUT2D eigenvalue weighted by Crippen LogP contribution is -2.27. The fraction of sp³-hybridized carbons (Fsp3) is 0.480. The smallest absolute Gasteiger partial charge is 0.219 e. The van der Waals surface area contributed by atoms with Gasteiger partial charge in [0.1, 0.15) is 11.6 Å². The predicted molar refractivity (Wildman–Crippen MR) is 129 cm³/mol. The van der Waals surface area contributed by atoms with Crippen LogP contribution in [0.25, 0.3) is 10.9 Å². The Bertz CT molecular complexity index is 1150. The number of carbonyl (C=O) groups is 1. The molecule has 1 aliphatic rings. The number of amides is 1. The van der Waals surface area contributed by atoms with Crippen LogP contribution in [-0.2, 0) is 24.9 Å². The second kappa shape index (κ2) is 8.90. The van der Waals surface area contributed by atoms with E-state index < -0.39 is 0 Å². The summed E-state index contributed by atoms with van der Waals surface area (Å²) in [6, 6.07) is 8.82. The Kier molecular flexibility index (Phi) is 6.20. The molecule has 0 unspecified atom stereocenters. The third-order valence-corrected chi connectivity index (χ3v) is 6.79. The van der Waals surface area contributed by atoms with Crippen LogP contribution < -0.4 is 5.32 Å². The molecule has 2 aromatic heterocycles. The highest BCUT2D eigenvalue weighted by Gasteiger charge is 2.30. The van der Waals surface area contributed by atoms with E-state index in [9.17, 15) is 4.79 Å². The molecule has 0 saturated carbocycles. The van der Waals surface area contributed by atoms with Crippen LogP contribution in [0.5, 0.6) is 0 Å². The number of likely N-dealkylation sites (tertiary alicyclic amines) is 1. The van der Waals surface area contributed by atoms with Crippen molar-refractivity contribution in [3.8, 4) is 0 Å². The molecule has 1 aliphatic heterocycles. The van der Waals surface area contributed by atoms with Crippen LogP contribution in [-0.4, -0.2) is 50.9 Å². The maximum absolute atomic E-state index is 11.7. The third-order valence-electron chi connectivity index (χ3n) is 6.79. The van der Waals surface area contributed by atoms with Crippen molar-refractivity contribution in [2.45, 2.75) is 52.7 Å². The summed E-state index contributed by atoms with van der Waals surface area (Å²) in [5.41, 5.74) is 6.13. The minimum absolute atomic E-state index is 0.0281. The summed E-state index contributed by atoms with van der Waals surface area (Å²) in [6.07, 6.45) is 2.17. The number of hydrogen-bond acceptors (Lipinski definition) is 5. The number of fused-ring (bicyclic) bond motifs is 1. The van der Waals surface area contributed by atoms with Crippen molar-refractivity contribution >= 4 is 22.6 Å². The molecule has 1 saturated heterocycles. The molecule has 0 radical (unpaired) electrons. The zero-order chi connectivity index (χ0) is 23.0. The van der Waals surface area contributed by atoms with Crippen molar-refractivity contribution in [3.05, 3.63) is 52.6 Å². The average Bonchev–Trinajstić information content (AvgIpc) is 3.32. The van der Waals surface area contributed by atoms with Crippen molar-refractivity contribution in [1.82, 2.24) is 24.3 Å². The summed E-state index contributed by atoms with van der Waals surface area (Å²) in [7, 11) is 5.83. The second-order valence-corrected chi connectivity index (χ2v) is 9.00. The molecule has 1 fully saturated rings. The van der Waals surface area contributed by atoms with E-state index in [0.29, 0.717) is 6.54 Å². The molecule has 0 spiro atoms. The number of nitrogens with one attached hydrogen (secondary N) is 1. The Balaban J connectivity index is 1.66. The van der Waals surface area contributed by atoms with Crippen LogP contribution in [0, 0.1) is 13.8 Å². The fourth-order valence-corrected chi connectivity index (χ4v) is 4.69. The van der Waals surface area contributed by atoms with Gasteiger partial charge in [-0.1, -0.05) is 12.1 Å². The van der Waals surface area contributed by atoms with E-state index in [1.165, 1.54) is 27.7 Å². The molecule has 0 aliphatic carbocycles. The molecule has 3 heterocycles. The highest BCUT2D eigenvalue weighted by atomic mass is 16.2. The van der Waals surface area contributed by atoms with Gasteiger partial charge in [0.25, 0.3) is 0 Å². The fourth-order valence-electron chi connectivity index (χ4n) is 4.69. The lowest BCUT2D eigenvalue weighted by molar-refractivity contribution is -0.128. The Hall–Kier alpha value is -2.93. The summed E-state index contributed by atoms with van der Waals surface area (Å²) < 4.78 is 2.30. The largest absolute Gasteiger partial charge is 0.373 e. The third kappa shape index (κ3) is 4.21. The topological polar surface area (TPSA) is 66.3 Å². The average molecular weight is 435 g/mol. The van der Waals surface area contributed by atoms with Gasteiger partial charge in [-0.2, -0.15) is 0 Å². The van der Waals surface area contributed by atoms with Gasteiger partial charge in [0, 0.05) is 57.3 Å². The monoisotopic (exact) mass is 434 g/mol. The SMILES string of the molecule is CNc1cc(CN(C)C(C)=O)nc([C@@H]2CCCN2Cc2c(C)n(C)c3cc(C)ccc23)n1. The summed E-state index contributed by atoms with van der Waals surface area (Å²) in [4.78, 5) is 25.6. The second-order valence-electron chi connectivity index (χ2n) is 9.00. The lowest BCUT2D eigenvalue weighted by atomic mass is 10.1. The van der Waals surface area contributed by atoms with Gasteiger partial charge in [-0.15, -0.1) is 0 Å². The molecule has 7 nitrogen and oxygen atoms in total. The molecule has 7 heteroatoms. The highest BCUT2D eigenvalue weighted by Crippen LogP contribution is 2.35. The minimum atomic E-state index is 0.0281. The zero-order valence-corrected chi connectivity index (χ0v) is 20.1. The molecule has 1 aromatic carbocycles. The van der Waals surface area contributed by atoms with E-state index in [1.807, 2.05) is 13.1 Å². The van der Waals surface area contributed by atoms with Gasteiger partial charge in [-0.3, -0.25) is 9.69 Å². The number of anilines is 1. The van der Waals surface area contributed by atoms with Crippen molar-refractivity contribution in [2.24, 2.45) is 7.05 Å². The quantitative estimate of drug-likeness (QED) is 0.637. The maximum atomic E-state index is 11.7. The van der Waals surface area contributed by atoms with Gasteiger partial charge in [-0.25, -0.2) is 9.97 Å². The first-order chi connectivity index (χ1) is 15.3. The van der Waals surface area contributed by atoms with Crippen molar-refractivity contribution in [1.29, 1.82) is 0 Å². The number of benzene rings is 1. The van der Waals surface area contributed by atoms with Crippen molar-refractivity contribution in [2.75, 3.05) is 26.0 Å². The van der Waals surface area contributed by atoms with Crippen molar-refractivity contribution in [3.63, 3.8) is 0 Å². The van der Waals surface area contributed by atoms with Gasteiger partial charge >= 0.3 is 0 Å². The molecule has 1 atom stereocenters. The molecular weight excluding hydrogens is 400 g/mol. The lowest BCUT2D eigenvalue weighted by Gasteiger charge is -2.25. The Morgan fingerprint density at radius 2 is 2.03 bits per heavy atom. The van der Waals surface area contributed by atoms with E-state index in [2.05, 4.69) is 53.9 Å². The first-order valence-electron chi connectivity index (χ1n) is 11.3. The van der Waals surface area contributed by atoms with E-state index in [1.54, 1.807) is 18.9 Å². The highest BCUT2D eigenvalue weighted by molar-refractivity contribution is 5.86. The molecule has 32 heavy (non-hydrogen) atoms. The van der Waals surface area contributed by atoms with Gasteiger partial charge in [0.2, 0.25) is 5.91 Å². The molecule has 3 aromatic rings. The minimum Gasteiger partial charge on any atom is -0.373 e. The zero-order valence-electron chi connectivity index (χ0n) is 20.1. The number of nitrogens with zero attached hydrogens (tertiary/aromatic N) is 5. The molecule has 1 amide bonds. The Morgan fingerprint density at radius 1 is 1.25 bits per heavy atom. The number of hydrogen-bond donors (Lipinski definition) is 1. The van der Waals surface area contributed by atoms with Gasteiger partial charge in [-0.05, 0) is 50.4 Å². The summed E-state index contributed by atoms with van der Waals surface area (Å²) in [6.45, 7) is 8.32. The summed E-state index contributed by atoms with van der Waals surface area (Å²) in [5.74, 6) is 1.67. The number of aromatic nitrogens is 3. The molecule has 1 N–H and O–H groups in total. The predicted octanol–water partition coefficient (Wildman–Crippen LogP) is 3.94. The van der Waals surface area contributed by atoms with Gasteiger partial charge in [0.15, 0.2) is 0 Å².